The molecule has 0 aliphatic carbocycles. The van der Waals surface area contributed by atoms with Crippen molar-refractivity contribution in [3.8, 4) is 5.75 Å². The molecule has 0 radical (unpaired) electrons. The van der Waals surface area contributed by atoms with Crippen molar-refractivity contribution in [3.63, 3.8) is 0 Å². The van der Waals surface area contributed by atoms with Gasteiger partial charge in [0.2, 0.25) is 17.1 Å². The van der Waals surface area contributed by atoms with Crippen molar-refractivity contribution in [2.75, 3.05) is 16.5 Å². The molecular formula is C26H21ClN8O11S3. The van der Waals surface area contributed by atoms with Gasteiger partial charge in [0.15, 0.2) is 10.9 Å². The van der Waals surface area contributed by atoms with Crippen LogP contribution in [-0.4, -0.2) is 72.0 Å². The second kappa shape index (κ2) is 16.9. The molecule has 49 heavy (non-hydrogen) atoms. The lowest BCUT2D eigenvalue weighted by molar-refractivity contribution is -0.432. The summed E-state index contributed by atoms with van der Waals surface area (Å²) < 4.78 is 38.4. The van der Waals surface area contributed by atoms with Gasteiger partial charge in [0, 0.05) is 16.2 Å². The van der Waals surface area contributed by atoms with E-state index >= 15 is 0 Å². The predicted molar refractivity (Wildman–Crippen MR) is 174 cm³/mol. The summed E-state index contributed by atoms with van der Waals surface area (Å²) in [5.74, 6) is -3.40. The topological polar surface area (TPSA) is 288 Å². The number of nitrogens with one attached hydrogen (secondary N) is 2. The van der Waals surface area contributed by atoms with Gasteiger partial charge in [-0.2, -0.15) is 28.5 Å². The minimum Gasteiger partial charge on any atom is -0.504 e. The first kappa shape index (κ1) is 36.9. The smallest absolute Gasteiger partial charge is 0.337 e. The van der Waals surface area contributed by atoms with E-state index in [1.165, 1.54) is 18.2 Å². The Kier molecular flexibility index (Phi) is 12.8. The number of hydrogen-bond acceptors (Lipinski definition) is 17. The largest absolute Gasteiger partial charge is 0.504 e. The van der Waals surface area contributed by atoms with Crippen molar-refractivity contribution < 1.29 is 52.5 Å². The summed E-state index contributed by atoms with van der Waals surface area (Å²) >= 11 is 7.48. The van der Waals surface area contributed by atoms with Crippen molar-refractivity contribution in [1.29, 1.82) is 0 Å². The number of carboxylic acids is 2. The quantitative estimate of drug-likeness (QED) is 0.00911. The van der Waals surface area contributed by atoms with Crippen LogP contribution in [0.5, 0.6) is 5.75 Å². The normalized spacial score (nSPS) is 11.9. The van der Waals surface area contributed by atoms with E-state index in [9.17, 15) is 32.8 Å². The van der Waals surface area contributed by atoms with Crippen LogP contribution >= 0.6 is 35.4 Å². The number of hydrazone groups is 1. The van der Waals surface area contributed by atoms with Crippen LogP contribution in [0.25, 0.3) is 0 Å². The minimum atomic E-state index is -4.88. The maximum absolute atomic E-state index is 12.1. The van der Waals surface area contributed by atoms with Gasteiger partial charge in [-0.15, -0.1) is 14.6 Å². The molecule has 23 heteroatoms. The molecule has 1 aromatic heterocycles. The van der Waals surface area contributed by atoms with Gasteiger partial charge in [-0.25, -0.2) is 10.1 Å². The fraction of sp³-hybridized carbons (Fsp3) is 0.0769. The summed E-state index contributed by atoms with van der Waals surface area (Å²) in [7, 11) is -4.88. The van der Waals surface area contributed by atoms with Crippen molar-refractivity contribution in [2.45, 2.75) is 21.4 Å². The Balaban J connectivity index is 1.73. The van der Waals surface area contributed by atoms with Crippen LogP contribution < -0.4 is 10.7 Å². The van der Waals surface area contributed by atoms with Gasteiger partial charge in [0.25, 0.3) is 10.1 Å². The van der Waals surface area contributed by atoms with Gasteiger partial charge in [-0.3, -0.25) is 14.8 Å². The van der Waals surface area contributed by atoms with Gasteiger partial charge in [0.1, 0.15) is 5.69 Å². The van der Waals surface area contributed by atoms with E-state index in [2.05, 4.69) is 50.4 Å². The van der Waals surface area contributed by atoms with Gasteiger partial charge in [0.05, 0.1) is 40.3 Å². The number of amidine groups is 1. The molecule has 4 aromatic rings. The van der Waals surface area contributed by atoms with Crippen molar-refractivity contribution in [3.05, 3.63) is 77.1 Å². The Morgan fingerprint density at radius 2 is 1.76 bits per heavy atom. The van der Waals surface area contributed by atoms with Crippen molar-refractivity contribution in [2.24, 2.45) is 15.3 Å². The highest BCUT2D eigenvalue weighted by Gasteiger charge is 2.20. The van der Waals surface area contributed by atoms with E-state index in [1.807, 2.05) is 0 Å². The molecule has 0 atom stereocenters. The molecule has 0 aliphatic rings. The van der Waals surface area contributed by atoms with Gasteiger partial charge in [-0.05, 0) is 41.9 Å². The van der Waals surface area contributed by atoms with Crippen molar-refractivity contribution >= 4 is 86.3 Å². The summed E-state index contributed by atoms with van der Waals surface area (Å²) in [4.78, 5) is 34.1. The van der Waals surface area contributed by atoms with Crippen LogP contribution in [-0.2, 0) is 24.3 Å². The summed E-state index contributed by atoms with van der Waals surface area (Å²) in [6.07, 6.45) is -0.201. The number of phenolic OH excluding ortho intramolecular Hbond substituents is 1. The van der Waals surface area contributed by atoms with E-state index < -0.39 is 38.4 Å². The minimum absolute atomic E-state index is 0.0229. The highest BCUT2D eigenvalue weighted by molar-refractivity contribution is 7.99. The number of aromatic nitrogens is 3. The maximum atomic E-state index is 12.1. The number of carbonyl (C=O) groups is 2. The number of azo groups is 1. The van der Waals surface area contributed by atoms with Gasteiger partial charge < -0.3 is 20.6 Å². The van der Waals surface area contributed by atoms with Crippen LogP contribution in [0, 0.1) is 0 Å². The molecule has 0 bridgehead atoms. The van der Waals surface area contributed by atoms with Crippen LogP contribution in [0.2, 0.25) is 5.28 Å². The number of aromatic carboxylic acids is 1. The third-order valence-corrected chi connectivity index (χ3v) is 8.12. The molecule has 4 rings (SSSR count). The number of hydrogen-bond donors (Lipinski definition) is 7. The number of nitrogens with zero attached hydrogens (tertiary/aromatic N) is 6. The number of thioether (sulfide) groups is 1. The number of benzene rings is 3. The first-order valence-corrected chi connectivity index (χ1v) is 16.6. The van der Waals surface area contributed by atoms with Crippen LogP contribution in [0.3, 0.4) is 0 Å². The average molecular weight is 753 g/mol. The van der Waals surface area contributed by atoms with Gasteiger partial charge >= 0.3 is 11.9 Å². The summed E-state index contributed by atoms with van der Waals surface area (Å²) in [5, 5.41) is 56.0. The second-order valence-corrected chi connectivity index (χ2v) is 12.6. The van der Waals surface area contributed by atoms with Crippen LogP contribution in [0.15, 0.2) is 90.9 Å². The molecule has 0 fully saturated rings. The number of halogens is 1. The highest BCUT2D eigenvalue weighted by Crippen LogP contribution is 2.39. The fourth-order valence-electron chi connectivity index (χ4n) is 3.57. The summed E-state index contributed by atoms with van der Waals surface area (Å²) in [5.41, 5.74) is 1.82. The third-order valence-electron chi connectivity index (χ3n) is 5.69. The zero-order valence-electron chi connectivity index (χ0n) is 24.2. The predicted octanol–water partition coefficient (Wildman–Crippen LogP) is 5.47. The lowest BCUT2D eigenvalue weighted by atomic mass is 10.2. The molecule has 256 valence electrons. The molecule has 3 aromatic carbocycles. The average Bonchev–Trinajstić information content (AvgIpc) is 3.04. The number of anilines is 3. The Hall–Kier alpha value is -4.94. The zero-order valence-corrected chi connectivity index (χ0v) is 27.4. The van der Waals surface area contributed by atoms with E-state index in [4.69, 9.17) is 22.0 Å². The van der Waals surface area contributed by atoms with Crippen LogP contribution in [0.4, 0.5) is 23.0 Å². The monoisotopic (exact) mass is 752 g/mol. The van der Waals surface area contributed by atoms with E-state index in [1.54, 1.807) is 30.3 Å². The first-order valence-electron chi connectivity index (χ1n) is 13.0. The second-order valence-electron chi connectivity index (χ2n) is 8.99. The van der Waals surface area contributed by atoms with E-state index in [0.717, 1.165) is 23.9 Å². The van der Waals surface area contributed by atoms with E-state index in [0.29, 0.717) is 22.5 Å². The molecule has 0 spiro atoms. The molecule has 7 N–H and O–H groups in total. The lowest BCUT2D eigenvalue weighted by Crippen LogP contribution is -2.06. The SMILES string of the molecule is O=C(O)CCSc1nc(Cl)nc(Nc2cc(S(=O)(=O)O)cc(N=NC(=NNc3cc(SOOO)ccc3C(=O)O)c3ccccc3)c2O)n1. The molecular weight excluding hydrogens is 732 g/mol. The van der Waals surface area contributed by atoms with E-state index in [-0.39, 0.29) is 51.3 Å². The number of aliphatic carboxylic acids is 1. The Bertz CT molecular complexity index is 2020. The fourth-order valence-corrected chi connectivity index (χ4v) is 5.47. The van der Waals surface area contributed by atoms with Gasteiger partial charge in [-0.1, -0.05) is 47.1 Å². The number of rotatable bonds is 15. The molecule has 0 saturated carbocycles. The lowest BCUT2D eigenvalue weighted by Gasteiger charge is -2.11. The highest BCUT2D eigenvalue weighted by atomic mass is 35.5. The molecule has 0 aliphatic heterocycles. The number of phenols is 1. The first-order chi connectivity index (χ1) is 23.3. The third kappa shape index (κ3) is 10.8. The Morgan fingerprint density at radius 3 is 2.43 bits per heavy atom. The molecule has 0 unspecified atom stereocenters. The van der Waals surface area contributed by atoms with Crippen LogP contribution in [0.1, 0.15) is 22.3 Å². The summed E-state index contributed by atoms with van der Waals surface area (Å²) in [6.45, 7) is 0. The standard InChI is InChI=1S/C26H21ClN8O11S3/c27-24-29-25(31-26(30-24)47-9-8-20(36)37)28-18-11-15(49(42,43)44)12-19(21(18)38)33-35-22(13-4-2-1-3-5-13)34-32-17-10-14(48-46-45-41)6-7-16(17)23(39)40/h1-7,10-12,32,38,41H,8-9H2,(H,36,37)(H,39,40)(H,42,43,44)(H,28,29,30,31). The molecule has 0 saturated heterocycles. The van der Waals surface area contributed by atoms with Crippen molar-refractivity contribution in [1.82, 2.24) is 15.0 Å². The number of aromatic hydroxyl groups is 1. The summed E-state index contributed by atoms with van der Waals surface area (Å²) in [6, 6.07) is 13.7. The molecule has 19 nitrogen and oxygen atoms in total. The molecule has 1 heterocycles. The maximum Gasteiger partial charge on any atom is 0.337 e. The zero-order chi connectivity index (χ0) is 35.6. The molecule has 0 amide bonds. The Labute approximate surface area is 288 Å². The number of carboxylic acid groups (broad SMARTS) is 2. The Morgan fingerprint density at radius 1 is 1.00 bits per heavy atom.